The number of carbonyl (C=O) groups excluding carboxylic acids is 2. The summed E-state index contributed by atoms with van der Waals surface area (Å²) in [6, 6.07) is 10.8. The first kappa shape index (κ1) is 16.0. The average molecular weight is 291 g/mol. The van der Waals surface area contributed by atoms with E-state index in [0.29, 0.717) is 29.9 Å². The summed E-state index contributed by atoms with van der Waals surface area (Å²) >= 11 is 0. The second-order valence-electron chi connectivity index (χ2n) is 5.10. The van der Waals surface area contributed by atoms with Crippen molar-refractivity contribution in [1.29, 1.82) is 0 Å². The number of aryl methyl sites for hydroxylation is 1. The average Bonchev–Trinajstić information content (AvgIpc) is 2.99. The SMILES string of the molecule is Cc1ccccc1C(=O)c1ccc2n1CCC2C(=O)[O-].[Na+]. The van der Waals surface area contributed by atoms with E-state index in [1.165, 1.54) is 0 Å². The Morgan fingerprint density at radius 1 is 1.19 bits per heavy atom. The molecule has 5 heteroatoms. The van der Waals surface area contributed by atoms with E-state index in [1.807, 2.05) is 25.1 Å². The van der Waals surface area contributed by atoms with Gasteiger partial charge >= 0.3 is 29.6 Å². The third-order valence-electron chi connectivity index (χ3n) is 3.92. The number of carboxylic acid groups (broad SMARTS) is 1. The zero-order chi connectivity index (χ0) is 14.3. The van der Waals surface area contributed by atoms with Crippen molar-refractivity contribution >= 4 is 11.8 Å². The van der Waals surface area contributed by atoms with Gasteiger partial charge in [-0.2, -0.15) is 0 Å². The molecule has 1 aliphatic heterocycles. The van der Waals surface area contributed by atoms with Gasteiger partial charge in [0.2, 0.25) is 5.78 Å². The molecular formula is C16H14NNaO3. The van der Waals surface area contributed by atoms with Gasteiger partial charge in [-0.05, 0) is 31.0 Å². The van der Waals surface area contributed by atoms with Gasteiger partial charge in [-0.1, -0.05) is 24.3 Å². The van der Waals surface area contributed by atoms with Crippen molar-refractivity contribution in [3.63, 3.8) is 0 Å². The van der Waals surface area contributed by atoms with Crippen LogP contribution in [0.5, 0.6) is 0 Å². The van der Waals surface area contributed by atoms with Gasteiger partial charge in [-0.25, -0.2) is 0 Å². The van der Waals surface area contributed by atoms with E-state index >= 15 is 0 Å². The largest absolute Gasteiger partial charge is 1.00 e. The van der Waals surface area contributed by atoms with Gasteiger partial charge in [-0.15, -0.1) is 0 Å². The molecule has 21 heavy (non-hydrogen) atoms. The Hall–Kier alpha value is -1.36. The van der Waals surface area contributed by atoms with Crippen LogP contribution in [-0.4, -0.2) is 16.3 Å². The number of rotatable bonds is 3. The first-order valence-electron chi connectivity index (χ1n) is 6.60. The maximum Gasteiger partial charge on any atom is 1.00 e. The molecule has 0 spiro atoms. The number of nitrogens with zero attached hydrogens (tertiary/aromatic N) is 1. The monoisotopic (exact) mass is 291 g/mol. The van der Waals surface area contributed by atoms with Gasteiger partial charge in [0.15, 0.2) is 0 Å². The first-order chi connectivity index (χ1) is 9.59. The van der Waals surface area contributed by atoms with Crippen molar-refractivity contribution in [2.45, 2.75) is 25.8 Å². The quantitative estimate of drug-likeness (QED) is 0.499. The number of ketones is 1. The van der Waals surface area contributed by atoms with E-state index in [1.54, 1.807) is 22.8 Å². The maximum absolute atomic E-state index is 12.6. The second kappa shape index (κ2) is 6.18. The minimum Gasteiger partial charge on any atom is -0.549 e. The first-order valence-corrected chi connectivity index (χ1v) is 6.60. The molecule has 1 unspecified atom stereocenters. The van der Waals surface area contributed by atoms with Crippen LogP contribution in [0.3, 0.4) is 0 Å². The number of fused-ring (bicyclic) bond motifs is 1. The van der Waals surface area contributed by atoms with Crippen LogP contribution >= 0.6 is 0 Å². The van der Waals surface area contributed by atoms with Crippen LogP contribution in [0, 0.1) is 6.92 Å². The molecule has 0 fully saturated rings. The molecule has 0 aliphatic carbocycles. The van der Waals surface area contributed by atoms with Crippen molar-refractivity contribution in [2.24, 2.45) is 0 Å². The van der Waals surface area contributed by atoms with Crippen LogP contribution in [0.2, 0.25) is 0 Å². The number of carboxylic acids is 1. The maximum atomic E-state index is 12.6. The number of hydrogen-bond donors (Lipinski definition) is 0. The van der Waals surface area contributed by atoms with E-state index in [9.17, 15) is 14.7 Å². The summed E-state index contributed by atoms with van der Waals surface area (Å²) in [6.07, 6.45) is 0.493. The van der Waals surface area contributed by atoms with Gasteiger partial charge in [-0.3, -0.25) is 4.79 Å². The van der Waals surface area contributed by atoms with Crippen molar-refractivity contribution in [3.05, 3.63) is 58.9 Å². The number of carbonyl (C=O) groups is 2. The number of benzene rings is 1. The predicted octanol–water partition coefficient (Wildman–Crippen LogP) is -1.73. The third-order valence-corrected chi connectivity index (χ3v) is 3.92. The number of aromatic nitrogens is 1. The topological polar surface area (TPSA) is 62.1 Å². The zero-order valence-corrected chi connectivity index (χ0v) is 14.1. The molecule has 1 aromatic carbocycles. The summed E-state index contributed by atoms with van der Waals surface area (Å²) in [6.45, 7) is 2.44. The van der Waals surface area contributed by atoms with E-state index in [4.69, 9.17) is 0 Å². The summed E-state index contributed by atoms with van der Waals surface area (Å²) in [4.78, 5) is 23.6. The molecule has 0 amide bonds. The molecule has 102 valence electrons. The number of aliphatic carboxylic acids is 1. The van der Waals surface area contributed by atoms with Crippen LogP contribution in [0.4, 0.5) is 0 Å². The Kier molecular flexibility index (Phi) is 4.71. The van der Waals surface area contributed by atoms with Crippen molar-refractivity contribution < 1.29 is 44.3 Å². The van der Waals surface area contributed by atoms with Gasteiger partial charge < -0.3 is 14.5 Å². The molecule has 0 bridgehead atoms. The molecule has 0 radical (unpaired) electrons. The molecule has 0 saturated carbocycles. The van der Waals surface area contributed by atoms with Gasteiger partial charge in [0.25, 0.3) is 0 Å². The summed E-state index contributed by atoms with van der Waals surface area (Å²) in [5.41, 5.74) is 2.80. The van der Waals surface area contributed by atoms with E-state index < -0.39 is 11.9 Å². The Balaban J connectivity index is 0.00000161. The fraction of sp³-hybridized carbons (Fsp3) is 0.250. The van der Waals surface area contributed by atoms with Crippen molar-refractivity contribution in [2.75, 3.05) is 0 Å². The normalized spacial score (nSPS) is 16.1. The molecular weight excluding hydrogens is 277 g/mol. The fourth-order valence-electron chi connectivity index (χ4n) is 2.85. The Bertz CT molecular complexity index is 705. The molecule has 2 aromatic rings. The summed E-state index contributed by atoms with van der Waals surface area (Å²) in [5, 5.41) is 11.1. The minimum atomic E-state index is -1.07. The predicted molar refractivity (Wildman–Crippen MR) is 71.4 cm³/mol. The molecule has 3 rings (SSSR count). The molecule has 1 aromatic heterocycles. The van der Waals surface area contributed by atoms with Gasteiger partial charge in [0, 0.05) is 23.7 Å². The number of hydrogen-bond acceptors (Lipinski definition) is 3. The fourth-order valence-corrected chi connectivity index (χ4v) is 2.85. The zero-order valence-electron chi connectivity index (χ0n) is 12.1. The molecule has 1 aliphatic rings. The molecule has 4 nitrogen and oxygen atoms in total. The Morgan fingerprint density at radius 2 is 1.90 bits per heavy atom. The second-order valence-corrected chi connectivity index (χ2v) is 5.10. The van der Waals surface area contributed by atoms with E-state index in [0.717, 1.165) is 5.56 Å². The van der Waals surface area contributed by atoms with E-state index in [2.05, 4.69) is 0 Å². The Morgan fingerprint density at radius 3 is 2.57 bits per heavy atom. The minimum absolute atomic E-state index is 0. The smallest absolute Gasteiger partial charge is 0.549 e. The molecule has 2 heterocycles. The van der Waals surface area contributed by atoms with Crippen LogP contribution in [0.25, 0.3) is 0 Å². The van der Waals surface area contributed by atoms with Crippen LogP contribution in [-0.2, 0) is 11.3 Å². The summed E-state index contributed by atoms with van der Waals surface area (Å²) < 4.78 is 1.80. The molecule has 0 saturated heterocycles. The Labute approximate surface area is 145 Å². The summed E-state index contributed by atoms with van der Waals surface area (Å²) in [5.74, 6) is -1.74. The van der Waals surface area contributed by atoms with Crippen LogP contribution in [0.1, 0.15) is 39.6 Å². The standard InChI is InChI=1S/C16H15NO3.Na/c1-10-4-2-3-5-11(10)15(18)14-7-6-13-12(16(19)20)8-9-17(13)14;/h2-7,12H,8-9H2,1H3,(H,19,20);/q;+1/p-1. The molecule has 0 N–H and O–H groups in total. The van der Waals surface area contributed by atoms with E-state index in [-0.39, 0.29) is 35.3 Å². The van der Waals surface area contributed by atoms with Crippen molar-refractivity contribution in [3.8, 4) is 0 Å². The summed E-state index contributed by atoms with van der Waals surface area (Å²) in [7, 11) is 0. The van der Waals surface area contributed by atoms with Crippen molar-refractivity contribution in [1.82, 2.24) is 4.57 Å². The third kappa shape index (κ3) is 2.71. The van der Waals surface area contributed by atoms with Gasteiger partial charge in [0.05, 0.1) is 11.7 Å². The van der Waals surface area contributed by atoms with Gasteiger partial charge in [0.1, 0.15) is 0 Å². The van der Waals surface area contributed by atoms with Crippen LogP contribution < -0.4 is 34.7 Å². The van der Waals surface area contributed by atoms with Crippen LogP contribution in [0.15, 0.2) is 36.4 Å². The molecule has 1 atom stereocenters.